The van der Waals surface area contributed by atoms with Crippen molar-refractivity contribution < 1.29 is 0 Å². The van der Waals surface area contributed by atoms with E-state index in [0.717, 1.165) is 12.3 Å². The number of hydrogen-bond donors (Lipinski definition) is 0. The quantitative estimate of drug-likeness (QED) is 0.499. The first-order valence-electron chi connectivity index (χ1n) is 6.13. The molecule has 0 heteroatoms. The van der Waals surface area contributed by atoms with Crippen LogP contribution in [0.5, 0.6) is 0 Å². The summed E-state index contributed by atoms with van der Waals surface area (Å²) in [7, 11) is 0. The summed E-state index contributed by atoms with van der Waals surface area (Å²) < 4.78 is 0. The van der Waals surface area contributed by atoms with E-state index in [0.29, 0.717) is 0 Å². The molecule has 1 rings (SSSR count). The molecule has 0 spiro atoms. The average molecular weight is 192 g/mol. The first-order chi connectivity index (χ1) is 6.63. The summed E-state index contributed by atoms with van der Waals surface area (Å²) in [4.78, 5) is 0. The zero-order chi connectivity index (χ0) is 10.4. The van der Waals surface area contributed by atoms with Crippen LogP contribution in [0.3, 0.4) is 0 Å². The van der Waals surface area contributed by atoms with Gasteiger partial charge in [-0.05, 0) is 32.6 Å². The lowest BCUT2D eigenvalue weighted by Gasteiger charge is -2.26. The second-order valence-electron chi connectivity index (χ2n) is 5.23. The van der Waals surface area contributed by atoms with Gasteiger partial charge in [-0.1, -0.05) is 38.5 Å². The monoisotopic (exact) mass is 192 g/mol. The van der Waals surface area contributed by atoms with E-state index < -0.39 is 0 Å². The van der Waals surface area contributed by atoms with E-state index in [1.54, 1.807) is 0 Å². The fourth-order valence-corrected chi connectivity index (χ4v) is 1.97. The van der Waals surface area contributed by atoms with Crippen LogP contribution in [0, 0.1) is 23.2 Å². The van der Waals surface area contributed by atoms with Gasteiger partial charge in [0.05, 0.1) is 0 Å². The molecule has 0 heterocycles. The second kappa shape index (κ2) is 5.44. The highest BCUT2D eigenvalue weighted by molar-refractivity contribution is 5.10. The fourth-order valence-electron chi connectivity index (χ4n) is 1.97. The van der Waals surface area contributed by atoms with Gasteiger partial charge in [0.25, 0.3) is 0 Å². The van der Waals surface area contributed by atoms with E-state index in [-0.39, 0.29) is 5.41 Å². The third-order valence-electron chi connectivity index (χ3n) is 3.58. The Hall–Kier alpha value is -0.440. The van der Waals surface area contributed by atoms with Crippen LogP contribution in [0.15, 0.2) is 0 Å². The predicted molar refractivity (Wildman–Crippen MR) is 63.0 cm³/mol. The molecule has 0 N–H and O–H groups in total. The molecule has 0 bridgehead atoms. The Morgan fingerprint density at radius 2 is 1.64 bits per heavy atom. The van der Waals surface area contributed by atoms with Crippen molar-refractivity contribution in [1.82, 2.24) is 0 Å². The molecule has 1 aliphatic rings. The van der Waals surface area contributed by atoms with Gasteiger partial charge in [-0.15, -0.1) is 5.92 Å². The van der Waals surface area contributed by atoms with Crippen LogP contribution in [0.2, 0.25) is 0 Å². The lowest BCUT2D eigenvalue weighted by Crippen LogP contribution is -2.19. The van der Waals surface area contributed by atoms with Crippen LogP contribution >= 0.6 is 0 Å². The lowest BCUT2D eigenvalue weighted by molar-refractivity contribution is 0.295. The van der Waals surface area contributed by atoms with Crippen molar-refractivity contribution in [2.75, 3.05) is 0 Å². The van der Waals surface area contributed by atoms with E-state index in [1.807, 2.05) is 0 Å². The Morgan fingerprint density at radius 3 is 2.43 bits per heavy atom. The zero-order valence-corrected chi connectivity index (χ0v) is 10.0. The van der Waals surface area contributed by atoms with Crippen molar-refractivity contribution in [3.8, 4) is 11.8 Å². The van der Waals surface area contributed by atoms with Crippen LogP contribution in [0.25, 0.3) is 0 Å². The highest BCUT2D eigenvalue weighted by Crippen LogP contribution is 2.30. The maximum Gasteiger partial charge on any atom is 0.0283 e. The summed E-state index contributed by atoms with van der Waals surface area (Å²) in [5.74, 6) is 7.55. The summed E-state index contributed by atoms with van der Waals surface area (Å²) >= 11 is 0. The van der Waals surface area contributed by atoms with E-state index in [9.17, 15) is 0 Å². The van der Waals surface area contributed by atoms with Gasteiger partial charge in [0, 0.05) is 11.8 Å². The third kappa shape index (κ3) is 3.74. The predicted octanol–water partition coefficient (Wildman–Crippen LogP) is 4.40. The maximum atomic E-state index is 3.46. The van der Waals surface area contributed by atoms with E-state index in [2.05, 4.69) is 32.6 Å². The summed E-state index contributed by atoms with van der Waals surface area (Å²) in [6, 6.07) is 0. The SMILES string of the molecule is CC1CCCCCCCC#CC1(C)C. The lowest BCUT2D eigenvalue weighted by atomic mass is 9.78. The first kappa shape index (κ1) is 11.6. The summed E-state index contributed by atoms with van der Waals surface area (Å²) in [5, 5.41) is 0. The molecule has 0 aromatic rings. The van der Waals surface area contributed by atoms with Crippen molar-refractivity contribution in [3.05, 3.63) is 0 Å². The largest absolute Gasteiger partial charge is 0.103 e. The minimum Gasteiger partial charge on any atom is -0.103 e. The van der Waals surface area contributed by atoms with Crippen molar-refractivity contribution >= 4 is 0 Å². The molecule has 0 nitrogen and oxygen atoms in total. The average Bonchev–Trinajstić information content (AvgIpc) is 2.16. The first-order valence-corrected chi connectivity index (χ1v) is 6.13. The molecule has 0 saturated heterocycles. The Morgan fingerprint density at radius 1 is 1.00 bits per heavy atom. The molecule has 14 heavy (non-hydrogen) atoms. The molecule has 1 unspecified atom stereocenters. The van der Waals surface area contributed by atoms with Gasteiger partial charge in [0.15, 0.2) is 0 Å². The molecular weight excluding hydrogens is 168 g/mol. The molecule has 80 valence electrons. The molecule has 0 aliphatic heterocycles. The minimum absolute atomic E-state index is 0.227. The smallest absolute Gasteiger partial charge is 0.0283 e. The van der Waals surface area contributed by atoms with Crippen molar-refractivity contribution in [1.29, 1.82) is 0 Å². The van der Waals surface area contributed by atoms with Gasteiger partial charge >= 0.3 is 0 Å². The van der Waals surface area contributed by atoms with Gasteiger partial charge < -0.3 is 0 Å². The highest BCUT2D eigenvalue weighted by atomic mass is 14.3. The van der Waals surface area contributed by atoms with Crippen molar-refractivity contribution in [2.24, 2.45) is 11.3 Å². The third-order valence-corrected chi connectivity index (χ3v) is 3.58. The molecule has 0 saturated carbocycles. The topological polar surface area (TPSA) is 0 Å². The van der Waals surface area contributed by atoms with Gasteiger partial charge in [-0.25, -0.2) is 0 Å². The standard InChI is InChI=1S/C14H24/c1-13-11-9-7-5-4-6-8-10-12-14(13,2)3/h13H,4-9,11H2,1-3H3. The van der Waals surface area contributed by atoms with Crippen molar-refractivity contribution in [3.63, 3.8) is 0 Å². The van der Waals surface area contributed by atoms with E-state index >= 15 is 0 Å². The Kier molecular flexibility index (Phi) is 4.52. The second-order valence-corrected chi connectivity index (χ2v) is 5.23. The molecule has 0 amide bonds. The van der Waals surface area contributed by atoms with Crippen LogP contribution in [0.4, 0.5) is 0 Å². The summed E-state index contributed by atoms with van der Waals surface area (Å²) in [5.41, 5.74) is 0.227. The Bertz CT molecular complexity index is 214. The normalized spacial score (nSPS) is 28.4. The number of hydrogen-bond acceptors (Lipinski definition) is 0. The van der Waals surface area contributed by atoms with Gasteiger partial charge in [-0.3, -0.25) is 0 Å². The molecule has 0 fully saturated rings. The van der Waals surface area contributed by atoms with Crippen LogP contribution < -0.4 is 0 Å². The van der Waals surface area contributed by atoms with Gasteiger partial charge in [-0.2, -0.15) is 0 Å². The van der Waals surface area contributed by atoms with Crippen LogP contribution in [-0.4, -0.2) is 0 Å². The Balaban J connectivity index is 2.58. The number of rotatable bonds is 0. The highest BCUT2D eigenvalue weighted by Gasteiger charge is 2.22. The van der Waals surface area contributed by atoms with Gasteiger partial charge in [0.1, 0.15) is 0 Å². The molecule has 1 atom stereocenters. The van der Waals surface area contributed by atoms with E-state index in [4.69, 9.17) is 0 Å². The molecule has 0 aromatic heterocycles. The van der Waals surface area contributed by atoms with Crippen LogP contribution in [-0.2, 0) is 0 Å². The maximum absolute atomic E-state index is 3.46. The summed E-state index contributed by atoms with van der Waals surface area (Å²) in [6.07, 6.45) is 9.36. The summed E-state index contributed by atoms with van der Waals surface area (Å²) in [6.45, 7) is 6.94. The molecular formula is C14H24. The van der Waals surface area contributed by atoms with Crippen LogP contribution in [0.1, 0.15) is 65.7 Å². The molecule has 0 radical (unpaired) electrons. The van der Waals surface area contributed by atoms with Gasteiger partial charge in [0.2, 0.25) is 0 Å². The van der Waals surface area contributed by atoms with Crippen molar-refractivity contribution in [2.45, 2.75) is 65.7 Å². The fraction of sp³-hybridized carbons (Fsp3) is 0.857. The Labute approximate surface area is 89.5 Å². The minimum atomic E-state index is 0.227. The molecule has 1 aliphatic carbocycles. The molecule has 0 aromatic carbocycles. The zero-order valence-electron chi connectivity index (χ0n) is 10.0. The van der Waals surface area contributed by atoms with E-state index in [1.165, 1.54) is 38.5 Å².